The topological polar surface area (TPSA) is 116 Å². The number of nitrogens with one attached hydrogen (secondary N) is 1. The molecular weight excluding hydrogens is 426 g/mol. The van der Waals surface area contributed by atoms with Crippen LogP contribution in [0.15, 0.2) is 52.4 Å². The van der Waals surface area contributed by atoms with E-state index < -0.39 is 5.91 Å². The molecule has 1 amide bonds. The van der Waals surface area contributed by atoms with Gasteiger partial charge in [0.25, 0.3) is 0 Å². The Morgan fingerprint density at radius 3 is 2.75 bits per heavy atom. The molecule has 0 aliphatic carbocycles. The lowest BCUT2D eigenvalue weighted by Gasteiger charge is -2.10. The van der Waals surface area contributed by atoms with Crippen LogP contribution in [0.1, 0.15) is 33.0 Å². The second kappa shape index (κ2) is 8.88. The lowest BCUT2D eigenvalue weighted by atomic mass is 10.1. The zero-order chi connectivity index (χ0) is 22.8. The molecule has 2 aromatic carbocycles. The molecule has 0 bridgehead atoms. The minimum Gasteiger partial charge on any atom is -0.485 e. The largest absolute Gasteiger partial charge is 0.485 e. The molecule has 0 radical (unpaired) electrons. The fourth-order valence-corrected chi connectivity index (χ4v) is 4.11. The van der Waals surface area contributed by atoms with Gasteiger partial charge in [0, 0.05) is 41.0 Å². The van der Waals surface area contributed by atoms with Crippen LogP contribution in [0.3, 0.4) is 0 Å². The predicted octanol–water partition coefficient (Wildman–Crippen LogP) is 3.24. The summed E-state index contributed by atoms with van der Waals surface area (Å²) in [4.78, 5) is 27.1. The Labute approximate surface area is 188 Å². The fraction of sp³-hybridized carbons (Fsp3) is 0.217. The van der Waals surface area contributed by atoms with E-state index >= 15 is 0 Å². The number of amides is 1. The highest BCUT2D eigenvalue weighted by Gasteiger charge is 2.12. The number of aromatic amines is 1. The first-order valence-corrected chi connectivity index (χ1v) is 11.0. The summed E-state index contributed by atoms with van der Waals surface area (Å²) in [5.74, 6) is 1.48. The number of aryl methyl sites for hydroxylation is 2. The van der Waals surface area contributed by atoms with E-state index in [0.29, 0.717) is 34.7 Å². The molecule has 4 aromatic rings. The van der Waals surface area contributed by atoms with Gasteiger partial charge in [-0.2, -0.15) is 0 Å². The summed E-state index contributed by atoms with van der Waals surface area (Å²) in [5.41, 5.74) is 9.04. The highest BCUT2D eigenvalue weighted by molar-refractivity contribution is 7.98. The number of thioether (sulfide) groups is 1. The number of carbonyl (C=O) groups is 1. The average Bonchev–Trinajstić information content (AvgIpc) is 3.12. The van der Waals surface area contributed by atoms with Crippen molar-refractivity contribution in [1.82, 2.24) is 19.7 Å². The van der Waals surface area contributed by atoms with Crippen LogP contribution >= 0.6 is 11.8 Å². The van der Waals surface area contributed by atoms with Crippen molar-refractivity contribution in [2.45, 2.75) is 31.4 Å². The zero-order valence-corrected chi connectivity index (χ0v) is 18.8. The molecule has 32 heavy (non-hydrogen) atoms. The SMILES string of the molecule is Cc1ccc(C)c(OCc2nnc(SCc3cc(=O)c4cc(C(N)=O)ccc4[nH]3)n2C)c1. The number of aromatic nitrogens is 4. The summed E-state index contributed by atoms with van der Waals surface area (Å²) in [6.45, 7) is 4.34. The minimum atomic E-state index is -0.564. The van der Waals surface area contributed by atoms with Crippen molar-refractivity contribution >= 4 is 28.6 Å². The smallest absolute Gasteiger partial charge is 0.248 e. The van der Waals surface area contributed by atoms with Crippen molar-refractivity contribution in [3.05, 3.63) is 80.9 Å². The number of fused-ring (bicyclic) bond motifs is 1. The first kappa shape index (κ1) is 21.6. The average molecular weight is 450 g/mol. The summed E-state index contributed by atoms with van der Waals surface area (Å²) in [6, 6.07) is 12.4. The number of hydrogen-bond donors (Lipinski definition) is 2. The number of H-pyrrole nitrogens is 1. The van der Waals surface area contributed by atoms with Crippen molar-refractivity contribution in [3.63, 3.8) is 0 Å². The Hall–Kier alpha value is -3.59. The van der Waals surface area contributed by atoms with E-state index in [9.17, 15) is 9.59 Å². The van der Waals surface area contributed by atoms with Gasteiger partial charge < -0.3 is 20.0 Å². The van der Waals surface area contributed by atoms with Crippen molar-refractivity contribution in [2.75, 3.05) is 0 Å². The highest BCUT2D eigenvalue weighted by Crippen LogP contribution is 2.23. The number of nitrogens with zero attached hydrogens (tertiary/aromatic N) is 3. The molecule has 0 spiro atoms. The second-order valence-electron chi connectivity index (χ2n) is 7.59. The molecule has 4 rings (SSSR count). The fourth-order valence-electron chi connectivity index (χ4n) is 3.28. The van der Waals surface area contributed by atoms with E-state index in [1.54, 1.807) is 12.1 Å². The molecule has 9 heteroatoms. The van der Waals surface area contributed by atoms with Crippen LogP contribution in [0, 0.1) is 13.8 Å². The maximum Gasteiger partial charge on any atom is 0.248 e. The number of primary amides is 1. The maximum absolute atomic E-state index is 12.5. The first-order chi connectivity index (χ1) is 15.3. The molecular formula is C23H23N5O3S. The van der Waals surface area contributed by atoms with Crippen LogP contribution in [0.4, 0.5) is 0 Å². The lowest BCUT2D eigenvalue weighted by molar-refractivity contribution is 0.100. The normalized spacial score (nSPS) is 11.1. The van der Waals surface area contributed by atoms with Gasteiger partial charge >= 0.3 is 0 Å². The van der Waals surface area contributed by atoms with E-state index in [1.165, 1.54) is 23.9 Å². The van der Waals surface area contributed by atoms with Gasteiger partial charge in [0.15, 0.2) is 16.4 Å². The third kappa shape index (κ3) is 4.52. The Balaban J connectivity index is 1.46. The molecule has 2 aromatic heterocycles. The molecule has 164 valence electrons. The van der Waals surface area contributed by atoms with E-state index in [2.05, 4.69) is 15.2 Å². The second-order valence-corrected chi connectivity index (χ2v) is 8.53. The monoisotopic (exact) mass is 449 g/mol. The zero-order valence-electron chi connectivity index (χ0n) is 18.0. The molecule has 0 atom stereocenters. The van der Waals surface area contributed by atoms with E-state index in [4.69, 9.17) is 10.5 Å². The van der Waals surface area contributed by atoms with E-state index in [0.717, 1.165) is 27.7 Å². The van der Waals surface area contributed by atoms with Crippen molar-refractivity contribution in [1.29, 1.82) is 0 Å². The minimum absolute atomic E-state index is 0.168. The number of benzene rings is 2. The number of nitrogens with two attached hydrogens (primary N) is 1. The quantitative estimate of drug-likeness (QED) is 0.419. The van der Waals surface area contributed by atoms with Crippen LogP contribution in [0.25, 0.3) is 10.9 Å². The number of rotatable bonds is 7. The van der Waals surface area contributed by atoms with Crippen LogP contribution in [0.2, 0.25) is 0 Å². The van der Waals surface area contributed by atoms with Crippen molar-refractivity contribution in [3.8, 4) is 5.75 Å². The van der Waals surface area contributed by atoms with Gasteiger partial charge in [0.05, 0.1) is 0 Å². The van der Waals surface area contributed by atoms with Gasteiger partial charge in [-0.3, -0.25) is 9.59 Å². The molecule has 8 nitrogen and oxygen atoms in total. The molecule has 0 saturated carbocycles. The van der Waals surface area contributed by atoms with Gasteiger partial charge in [-0.15, -0.1) is 10.2 Å². The van der Waals surface area contributed by atoms with Crippen LogP contribution in [-0.4, -0.2) is 25.7 Å². The Kier molecular flexibility index (Phi) is 6.00. The standard InChI is InChI=1S/C23H23N5O3S/c1-13-4-5-14(2)20(8-13)31-11-21-26-27-23(28(21)3)32-12-16-10-19(29)17-9-15(22(24)30)6-7-18(17)25-16/h4-10H,11-12H2,1-3H3,(H2,24,30)(H,25,29). The van der Waals surface area contributed by atoms with Crippen LogP contribution < -0.4 is 15.9 Å². The molecule has 0 unspecified atom stereocenters. The van der Waals surface area contributed by atoms with Crippen molar-refractivity contribution in [2.24, 2.45) is 12.8 Å². The highest BCUT2D eigenvalue weighted by atomic mass is 32.2. The molecule has 0 aliphatic heterocycles. The molecule has 0 fully saturated rings. The molecule has 2 heterocycles. The number of carbonyl (C=O) groups excluding carboxylic acids is 1. The number of ether oxygens (including phenoxy) is 1. The predicted molar refractivity (Wildman–Crippen MR) is 124 cm³/mol. The number of pyridine rings is 1. The molecule has 0 saturated heterocycles. The molecule has 0 aliphatic rings. The Morgan fingerprint density at radius 1 is 1.16 bits per heavy atom. The van der Waals surface area contributed by atoms with E-state index in [1.807, 2.05) is 43.7 Å². The van der Waals surface area contributed by atoms with Gasteiger partial charge in [-0.05, 0) is 49.2 Å². The van der Waals surface area contributed by atoms with E-state index in [-0.39, 0.29) is 5.43 Å². The summed E-state index contributed by atoms with van der Waals surface area (Å²) in [5, 5.41) is 9.64. The maximum atomic E-state index is 12.5. The summed E-state index contributed by atoms with van der Waals surface area (Å²) < 4.78 is 7.82. The summed E-state index contributed by atoms with van der Waals surface area (Å²) in [6.07, 6.45) is 0. The van der Waals surface area contributed by atoms with Gasteiger partial charge in [0.1, 0.15) is 12.4 Å². The van der Waals surface area contributed by atoms with Gasteiger partial charge in [0.2, 0.25) is 5.91 Å². The van der Waals surface area contributed by atoms with Crippen LogP contribution in [-0.2, 0) is 19.4 Å². The Bertz CT molecular complexity index is 1380. The van der Waals surface area contributed by atoms with Gasteiger partial charge in [-0.1, -0.05) is 23.9 Å². The lowest BCUT2D eigenvalue weighted by Crippen LogP contribution is -2.12. The molecule has 3 N–H and O–H groups in total. The number of hydrogen-bond acceptors (Lipinski definition) is 6. The van der Waals surface area contributed by atoms with Crippen LogP contribution in [0.5, 0.6) is 5.75 Å². The third-order valence-corrected chi connectivity index (χ3v) is 6.22. The summed E-state index contributed by atoms with van der Waals surface area (Å²) in [7, 11) is 1.89. The Morgan fingerprint density at radius 2 is 1.97 bits per heavy atom. The first-order valence-electron chi connectivity index (χ1n) is 9.98. The van der Waals surface area contributed by atoms with Gasteiger partial charge in [-0.25, -0.2) is 0 Å². The van der Waals surface area contributed by atoms with Crippen molar-refractivity contribution < 1.29 is 9.53 Å². The summed E-state index contributed by atoms with van der Waals surface area (Å²) >= 11 is 1.46. The third-order valence-electron chi connectivity index (χ3n) is 5.15.